The molecule has 94 valence electrons. The number of benzene rings is 1. The molecule has 1 aliphatic carbocycles. The van der Waals surface area contributed by atoms with Crippen molar-refractivity contribution in [2.24, 2.45) is 5.92 Å². The number of nitrogens with zero attached hydrogens (tertiary/aromatic N) is 3. The van der Waals surface area contributed by atoms with Crippen molar-refractivity contribution >= 4 is 11.6 Å². The lowest BCUT2D eigenvalue weighted by Crippen LogP contribution is -2.16. The maximum Gasteiger partial charge on any atom is 0.0969 e. The van der Waals surface area contributed by atoms with E-state index >= 15 is 0 Å². The molecule has 0 amide bonds. The third kappa shape index (κ3) is 2.89. The zero-order chi connectivity index (χ0) is 12.4. The molecule has 1 aromatic heterocycles. The second-order valence-corrected chi connectivity index (χ2v) is 5.15. The van der Waals surface area contributed by atoms with E-state index in [9.17, 15) is 0 Å². The van der Waals surface area contributed by atoms with Crippen molar-refractivity contribution in [2.45, 2.75) is 19.4 Å². The minimum Gasteiger partial charge on any atom is -0.311 e. The molecule has 0 bridgehead atoms. The van der Waals surface area contributed by atoms with Gasteiger partial charge in [0, 0.05) is 11.6 Å². The predicted octanol–water partition coefficient (Wildman–Crippen LogP) is 2.42. The highest BCUT2D eigenvalue weighted by Crippen LogP contribution is 2.27. The topological polar surface area (TPSA) is 42.7 Å². The van der Waals surface area contributed by atoms with E-state index in [-0.39, 0.29) is 0 Å². The highest BCUT2D eigenvalue weighted by molar-refractivity contribution is 6.30. The first-order chi connectivity index (χ1) is 8.81. The summed E-state index contributed by atoms with van der Waals surface area (Å²) < 4.78 is 1.75. The molecule has 2 aromatic rings. The van der Waals surface area contributed by atoms with Gasteiger partial charge >= 0.3 is 0 Å². The zero-order valence-electron chi connectivity index (χ0n) is 10.0. The molecule has 0 saturated heterocycles. The normalized spacial score (nSPS) is 14.9. The largest absolute Gasteiger partial charge is 0.311 e. The van der Waals surface area contributed by atoms with Gasteiger partial charge in [0.1, 0.15) is 0 Å². The van der Waals surface area contributed by atoms with Gasteiger partial charge in [-0.05, 0) is 43.5 Å². The fraction of sp³-hybridized carbons (Fsp3) is 0.385. The molecule has 1 saturated carbocycles. The first-order valence-corrected chi connectivity index (χ1v) is 6.57. The third-order valence-corrected chi connectivity index (χ3v) is 3.28. The van der Waals surface area contributed by atoms with E-state index in [0.29, 0.717) is 5.02 Å². The van der Waals surface area contributed by atoms with Gasteiger partial charge in [0.15, 0.2) is 0 Å². The van der Waals surface area contributed by atoms with Gasteiger partial charge in [-0.1, -0.05) is 22.9 Å². The molecule has 1 fully saturated rings. The Bertz CT molecular complexity index is 533. The van der Waals surface area contributed by atoms with Crippen LogP contribution >= 0.6 is 11.6 Å². The Balaban J connectivity index is 1.64. The first kappa shape index (κ1) is 11.7. The SMILES string of the molecule is Clc1cccc(-n2cc(CNCC3CC3)nn2)c1. The second-order valence-electron chi connectivity index (χ2n) is 4.71. The molecule has 1 heterocycles. The molecule has 5 heteroatoms. The van der Waals surface area contributed by atoms with Crippen molar-refractivity contribution in [3.8, 4) is 5.69 Å². The van der Waals surface area contributed by atoms with E-state index in [1.54, 1.807) is 4.68 Å². The van der Waals surface area contributed by atoms with Crippen LogP contribution in [-0.2, 0) is 6.54 Å². The molecule has 0 aliphatic heterocycles. The number of halogens is 1. The van der Waals surface area contributed by atoms with E-state index in [1.165, 1.54) is 12.8 Å². The lowest BCUT2D eigenvalue weighted by molar-refractivity contribution is 0.628. The van der Waals surface area contributed by atoms with Crippen LogP contribution in [0, 0.1) is 5.92 Å². The second kappa shape index (κ2) is 5.08. The molecular weight excluding hydrogens is 248 g/mol. The van der Waals surface area contributed by atoms with Gasteiger partial charge in [-0.15, -0.1) is 5.10 Å². The van der Waals surface area contributed by atoms with Crippen LogP contribution in [0.2, 0.25) is 5.02 Å². The summed E-state index contributed by atoms with van der Waals surface area (Å²) in [4.78, 5) is 0. The van der Waals surface area contributed by atoms with Crippen LogP contribution in [0.4, 0.5) is 0 Å². The Labute approximate surface area is 111 Å². The molecule has 0 unspecified atom stereocenters. The molecule has 3 rings (SSSR count). The maximum absolute atomic E-state index is 5.95. The molecule has 0 spiro atoms. The van der Waals surface area contributed by atoms with E-state index in [2.05, 4.69) is 15.6 Å². The van der Waals surface area contributed by atoms with Gasteiger partial charge in [0.2, 0.25) is 0 Å². The number of aromatic nitrogens is 3. The quantitative estimate of drug-likeness (QED) is 0.900. The molecule has 0 atom stereocenters. The van der Waals surface area contributed by atoms with E-state index in [4.69, 9.17) is 11.6 Å². The van der Waals surface area contributed by atoms with Gasteiger partial charge in [-0.3, -0.25) is 0 Å². The van der Waals surface area contributed by atoms with Crippen molar-refractivity contribution in [1.82, 2.24) is 20.3 Å². The first-order valence-electron chi connectivity index (χ1n) is 6.19. The number of hydrogen-bond donors (Lipinski definition) is 1. The fourth-order valence-electron chi connectivity index (χ4n) is 1.85. The van der Waals surface area contributed by atoms with Crippen molar-refractivity contribution in [1.29, 1.82) is 0 Å². The van der Waals surface area contributed by atoms with Crippen LogP contribution in [0.3, 0.4) is 0 Å². The number of nitrogens with one attached hydrogen (secondary N) is 1. The Morgan fingerprint density at radius 2 is 2.28 bits per heavy atom. The summed E-state index contributed by atoms with van der Waals surface area (Å²) in [5.41, 5.74) is 1.89. The van der Waals surface area contributed by atoms with Crippen molar-refractivity contribution in [3.63, 3.8) is 0 Å². The average molecular weight is 263 g/mol. The fourth-order valence-corrected chi connectivity index (χ4v) is 2.04. The van der Waals surface area contributed by atoms with Crippen LogP contribution in [-0.4, -0.2) is 21.5 Å². The summed E-state index contributed by atoms with van der Waals surface area (Å²) in [6, 6.07) is 7.59. The predicted molar refractivity (Wildman–Crippen MR) is 70.8 cm³/mol. The molecule has 18 heavy (non-hydrogen) atoms. The lowest BCUT2D eigenvalue weighted by atomic mass is 10.3. The standard InChI is InChI=1S/C13H15ClN4/c14-11-2-1-3-13(6-11)18-9-12(16-17-18)8-15-7-10-4-5-10/h1-3,6,9-10,15H,4-5,7-8H2. The van der Waals surface area contributed by atoms with Gasteiger partial charge < -0.3 is 5.32 Å². The summed E-state index contributed by atoms with van der Waals surface area (Å²) in [5, 5.41) is 12.4. The van der Waals surface area contributed by atoms with Crippen LogP contribution in [0.5, 0.6) is 0 Å². The number of rotatable bonds is 5. The average Bonchev–Trinajstić information content (AvgIpc) is 3.06. The van der Waals surface area contributed by atoms with Crippen molar-refractivity contribution < 1.29 is 0 Å². The summed E-state index contributed by atoms with van der Waals surface area (Å²) in [6.45, 7) is 1.86. The molecular formula is C13H15ClN4. The minimum atomic E-state index is 0.705. The van der Waals surface area contributed by atoms with Gasteiger partial charge in [0.25, 0.3) is 0 Å². The van der Waals surface area contributed by atoms with Crippen molar-refractivity contribution in [2.75, 3.05) is 6.54 Å². The van der Waals surface area contributed by atoms with Crippen LogP contribution in [0.1, 0.15) is 18.5 Å². The smallest absolute Gasteiger partial charge is 0.0969 e. The highest BCUT2D eigenvalue weighted by Gasteiger charge is 2.20. The molecule has 1 aliphatic rings. The van der Waals surface area contributed by atoms with Gasteiger partial charge in [0.05, 0.1) is 17.6 Å². The third-order valence-electron chi connectivity index (χ3n) is 3.05. The van der Waals surface area contributed by atoms with Gasteiger partial charge in [-0.25, -0.2) is 4.68 Å². The van der Waals surface area contributed by atoms with Crippen LogP contribution < -0.4 is 5.32 Å². The summed E-state index contributed by atoms with van der Waals surface area (Å²) >= 11 is 5.95. The summed E-state index contributed by atoms with van der Waals surface area (Å²) in [5.74, 6) is 0.882. The number of hydrogen-bond acceptors (Lipinski definition) is 3. The Kier molecular flexibility index (Phi) is 3.30. The van der Waals surface area contributed by atoms with E-state index in [0.717, 1.165) is 30.4 Å². The molecule has 4 nitrogen and oxygen atoms in total. The van der Waals surface area contributed by atoms with Crippen LogP contribution in [0.15, 0.2) is 30.5 Å². The Morgan fingerprint density at radius 1 is 1.39 bits per heavy atom. The monoisotopic (exact) mass is 262 g/mol. The lowest BCUT2D eigenvalue weighted by Gasteiger charge is -2.00. The Hall–Kier alpha value is -1.39. The van der Waals surface area contributed by atoms with E-state index in [1.807, 2.05) is 30.5 Å². The summed E-state index contributed by atoms with van der Waals surface area (Å²) in [7, 11) is 0. The van der Waals surface area contributed by atoms with Crippen molar-refractivity contribution in [3.05, 3.63) is 41.2 Å². The molecule has 1 aromatic carbocycles. The molecule has 0 radical (unpaired) electrons. The highest BCUT2D eigenvalue weighted by atomic mass is 35.5. The van der Waals surface area contributed by atoms with E-state index < -0.39 is 0 Å². The zero-order valence-corrected chi connectivity index (χ0v) is 10.8. The minimum absolute atomic E-state index is 0.705. The Morgan fingerprint density at radius 3 is 3.06 bits per heavy atom. The molecule has 1 N–H and O–H groups in total. The van der Waals surface area contributed by atoms with Crippen LogP contribution in [0.25, 0.3) is 5.69 Å². The summed E-state index contributed by atoms with van der Waals surface area (Å²) in [6.07, 6.45) is 4.66. The van der Waals surface area contributed by atoms with Gasteiger partial charge in [-0.2, -0.15) is 0 Å². The maximum atomic E-state index is 5.95.